The fourth-order valence-corrected chi connectivity index (χ4v) is 4.02. The highest BCUT2D eigenvalue weighted by Crippen LogP contribution is 2.29. The predicted octanol–water partition coefficient (Wildman–Crippen LogP) is 4.90. The maximum Gasteiger partial charge on any atom is 0.264 e. The van der Waals surface area contributed by atoms with Gasteiger partial charge >= 0.3 is 0 Å². The molecule has 1 saturated heterocycles. The Kier molecular flexibility index (Phi) is 5.76. The van der Waals surface area contributed by atoms with Crippen LogP contribution in [0.1, 0.15) is 42.6 Å². The first kappa shape index (κ1) is 21.0. The Hall–Kier alpha value is -3.22. The Labute approximate surface area is 180 Å². The van der Waals surface area contributed by atoms with E-state index in [2.05, 4.69) is 4.98 Å². The summed E-state index contributed by atoms with van der Waals surface area (Å²) < 4.78 is 34.9. The Morgan fingerprint density at radius 3 is 2.61 bits per heavy atom. The number of ether oxygens (including phenoxy) is 1. The number of halogens is 2. The number of hydrogen-bond acceptors (Lipinski definition) is 3. The molecule has 162 valence electrons. The number of carbonyl (C=O) groups is 1. The van der Waals surface area contributed by atoms with Gasteiger partial charge in [0.15, 0.2) is 17.7 Å². The number of nitrogens with zero attached hydrogens (tertiary/aromatic N) is 3. The van der Waals surface area contributed by atoms with Gasteiger partial charge in [0.2, 0.25) is 0 Å². The molecule has 1 aliphatic heterocycles. The maximum absolute atomic E-state index is 13.7. The molecule has 0 bridgehead atoms. The van der Waals surface area contributed by atoms with E-state index < -0.39 is 17.7 Å². The highest BCUT2D eigenvalue weighted by molar-refractivity contribution is 5.82. The van der Waals surface area contributed by atoms with E-state index in [1.807, 2.05) is 49.7 Å². The Balaban J connectivity index is 1.49. The smallest absolute Gasteiger partial charge is 0.264 e. The number of aromatic nitrogens is 2. The molecule has 1 fully saturated rings. The van der Waals surface area contributed by atoms with Gasteiger partial charge in [-0.2, -0.15) is 0 Å². The van der Waals surface area contributed by atoms with Crippen LogP contribution in [-0.4, -0.2) is 33.0 Å². The number of hydrogen-bond donors (Lipinski definition) is 0. The van der Waals surface area contributed by atoms with E-state index in [4.69, 9.17) is 4.74 Å². The summed E-state index contributed by atoms with van der Waals surface area (Å²) in [6.07, 6.45) is 4.49. The number of amides is 1. The standard InChI is InChI=1S/C24H25F2N3O2/c1-15-11-19(7-9-22(15)28-13-16(2)27-14-28)31-23-5-4-10-29(24(23)30)17(3)18-6-8-20(25)21(26)12-18/h6-9,11-14,17,23H,4-5,10H2,1-3H3. The molecular weight excluding hydrogens is 400 g/mol. The van der Waals surface area contributed by atoms with Crippen molar-refractivity contribution in [3.05, 3.63) is 77.4 Å². The fraction of sp³-hybridized carbons (Fsp3) is 0.333. The summed E-state index contributed by atoms with van der Waals surface area (Å²) in [5.41, 5.74) is 3.49. The van der Waals surface area contributed by atoms with Crippen molar-refractivity contribution in [2.75, 3.05) is 6.54 Å². The third-order valence-corrected chi connectivity index (χ3v) is 5.75. The molecule has 2 unspecified atom stereocenters. The molecule has 0 N–H and O–H groups in total. The lowest BCUT2D eigenvalue weighted by molar-refractivity contribution is -0.144. The van der Waals surface area contributed by atoms with Crippen LogP contribution in [0.15, 0.2) is 48.9 Å². The van der Waals surface area contributed by atoms with Crippen molar-refractivity contribution in [1.29, 1.82) is 0 Å². The lowest BCUT2D eigenvalue weighted by atomic mass is 10.0. The monoisotopic (exact) mass is 425 g/mol. The first-order chi connectivity index (χ1) is 14.8. The van der Waals surface area contributed by atoms with E-state index in [1.54, 1.807) is 11.2 Å². The van der Waals surface area contributed by atoms with E-state index in [1.165, 1.54) is 6.07 Å². The quantitative estimate of drug-likeness (QED) is 0.584. The SMILES string of the molecule is Cc1cn(-c2ccc(OC3CCCN(C(C)c4ccc(F)c(F)c4)C3=O)cc2C)cn1. The Morgan fingerprint density at radius 2 is 1.94 bits per heavy atom. The minimum absolute atomic E-state index is 0.143. The summed E-state index contributed by atoms with van der Waals surface area (Å²) >= 11 is 0. The number of carbonyl (C=O) groups excluding carboxylic acids is 1. The third kappa shape index (κ3) is 4.31. The molecule has 1 aliphatic rings. The van der Waals surface area contributed by atoms with E-state index in [9.17, 15) is 13.6 Å². The highest BCUT2D eigenvalue weighted by atomic mass is 19.2. The van der Waals surface area contributed by atoms with E-state index in [0.29, 0.717) is 24.3 Å². The largest absolute Gasteiger partial charge is 0.481 e. The van der Waals surface area contributed by atoms with Gasteiger partial charge in [-0.3, -0.25) is 4.79 Å². The zero-order valence-corrected chi connectivity index (χ0v) is 17.8. The molecule has 2 aromatic carbocycles. The zero-order chi connectivity index (χ0) is 22.1. The molecule has 1 amide bonds. The van der Waals surface area contributed by atoms with Crippen LogP contribution in [0, 0.1) is 25.5 Å². The number of benzene rings is 2. The molecule has 4 rings (SSSR count). The van der Waals surface area contributed by atoms with Crippen LogP contribution in [0.4, 0.5) is 8.78 Å². The summed E-state index contributed by atoms with van der Waals surface area (Å²) in [4.78, 5) is 19.0. The predicted molar refractivity (Wildman–Crippen MR) is 113 cm³/mol. The minimum atomic E-state index is -0.912. The van der Waals surface area contributed by atoms with Crippen LogP contribution in [0.5, 0.6) is 5.75 Å². The first-order valence-corrected chi connectivity index (χ1v) is 10.4. The summed E-state index contributed by atoms with van der Waals surface area (Å²) in [7, 11) is 0. The molecule has 3 aromatic rings. The van der Waals surface area contributed by atoms with Crippen molar-refractivity contribution in [2.24, 2.45) is 0 Å². The van der Waals surface area contributed by atoms with Crippen molar-refractivity contribution in [1.82, 2.24) is 14.5 Å². The van der Waals surface area contributed by atoms with Gasteiger partial charge in [0.1, 0.15) is 5.75 Å². The van der Waals surface area contributed by atoms with Gasteiger partial charge in [0.25, 0.3) is 5.91 Å². The molecule has 2 heterocycles. The summed E-state index contributed by atoms with van der Waals surface area (Å²) in [6.45, 7) is 6.29. The average Bonchev–Trinajstić information content (AvgIpc) is 3.17. The van der Waals surface area contributed by atoms with Crippen molar-refractivity contribution in [2.45, 2.75) is 45.8 Å². The highest BCUT2D eigenvalue weighted by Gasteiger charge is 2.33. The molecule has 0 saturated carbocycles. The minimum Gasteiger partial charge on any atom is -0.481 e. The van der Waals surface area contributed by atoms with Gasteiger partial charge in [0, 0.05) is 18.4 Å². The van der Waals surface area contributed by atoms with Gasteiger partial charge < -0.3 is 14.2 Å². The molecule has 2 atom stereocenters. The van der Waals surface area contributed by atoms with E-state index in [0.717, 1.165) is 35.5 Å². The van der Waals surface area contributed by atoms with Crippen molar-refractivity contribution in [3.63, 3.8) is 0 Å². The summed E-state index contributed by atoms with van der Waals surface area (Å²) in [6, 6.07) is 9.09. The number of piperidine rings is 1. The van der Waals surface area contributed by atoms with Gasteiger partial charge in [-0.05, 0) is 75.1 Å². The molecule has 31 heavy (non-hydrogen) atoms. The molecular formula is C24H25F2N3O2. The summed E-state index contributed by atoms with van der Waals surface area (Å²) in [5, 5.41) is 0. The average molecular weight is 425 g/mol. The lowest BCUT2D eigenvalue weighted by Gasteiger charge is -2.36. The summed E-state index contributed by atoms with van der Waals surface area (Å²) in [5.74, 6) is -1.33. The van der Waals surface area contributed by atoms with Crippen LogP contribution in [0.3, 0.4) is 0 Å². The van der Waals surface area contributed by atoms with E-state index in [-0.39, 0.29) is 11.9 Å². The van der Waals surface area contributed by atoms with Crippen LogP contribution in [0.2, 0.25) is 0 Å². The number of aryl methyl sites for hydroxylation is 2. The van der Waals surface area contributed by atoms with Crippen LogP contribution >= 0.6 is 0 Å². The Bertz CT molecular complexity index is 1110. The number of imidazole rings is 1. The molecule has 7 heteroatoms. The van der Waals surface area contributed by atoms with Gasteiger partial charge in [0.05, 0.1) is 18.1 Å². The maximum atomic E-state index is 13.7. The van der Waals surface area contributed by atoms with E-state index >= 15 is 0 Å². The van der Waals surface area contributed by atoms with Gasteiger partial charge in [-0.15, -0.1) is 0 Å². The lowest BCUT2D eigenvalue weighted by Crippen LogP contribution is -2.47. The zero-order valence-electron chi connectivity index (χ0n) is 17.8. The van der Waals surface area contributed by atoms with Gasteiger partial charge in [-0.1, -0.05) is 6.07 Å². The molecule has 5 nitrogen and oxygen atoms in total. The molecule has 0 aliphatic carbocycles. The van der Waals surface area contributed by atoms with Crippen molar-refractivity contribution >= 4 is 5.91 Å². The van der Waals surface area contributed by atoms with Crippen molar-refractivity contribution in [3.8, 4) is 11.4 Å². The van der Waals surface area contributed by atoms with Crippen LogP contribution in [0.25, 0.3) is 5.69 Å². The molecule has 0 spiro atoms. The number of likely N-dealkylation sites (tertiary alicyclic amines) is 1. The molecule has 0 radical (unpaired) electrons. The van der Waals surface area contributed by atoms with Crippen LogP contribution < -0.4 is 4.74 Å². The second kappa shape index (κ2) is 8.49. The van der Waals surface area contributed by atoms with Gasteiger partial charge in [-0.25, -0.2) is 13.8 Å². The Morgan fingerprint density at radius 1 is 1.13 bits per heavy atom. The normalized spacial score (nSPS) is 17.6. The van der Waals surface area contributed by atoms with Crippen LogP contribution in [-0.2, 0) is 4.79 Å². The number of rotatable bonds is 5. The fourth-order valence-electron chi connectivity index (χ4n) is 4.02. The van der Waals surface area contributed by atoms with Crippen molar-refractivity contribution < 1.29 is 18.3 Å². The second-order valence-electron chi connectivity index (χ2n) is 8.00. The second-order valence-corrected chi connectivity index (χ2v) is 8.00. The topological polar surface area (TPSA) is 47.4 Å². The third-order valence-electron chi connectivity index (χ3n) is 5.75. The molecule has 1 aromatic heterocycles. The first-order valence-electron chi connectivity index (χ1n) is 10.4.